The van der Waals surface area contributed by atoms with E-state index in [1.165, 1.54) is 11.6 Å². The fraction of sp³-hybridized carbons (Fsp3) is 0.389. The van der Waals surface area contributed by atoms with Gasteiger partial charge in [-0.25, -0.2) is 0 Å². The van der Waals surface area contributed by atoms with Crippen molar-refractivity contribution in [1.29, 1.82) is 0 Å². The second-order valence-electron chi connectivity index (χ2n) is 6.47. The third-order valence-corrected chi connectivity index (χ3v) is 4.93. The molecule has 7 nitrogen and oxygen atoms in total. The van der Waals surface area contributed by atoms with Gasteiger partial charge in [-0.15, -0.1) is 0 Å². The van der Waals surface area contributed by atoms with Crippen LogP contribution in [0, 0.1) is 10.1 Å². The summed E-state index contributed by atoms with van der Waals surface area (Å²) in [5.74, 6) is -0.123. The molecular formula is C18H20N4O3. The van der Waals surface area contributed by atoms with Crippen molar-refractivity contribution in [2.45, 2.75) is 18.7 Å². The lowest BCUT2D eigenvalue weighted by atomic mass is 10.1. The molecule has 25 heavy (non-hydrogen) atoms. The number of morpholine rings is 1. The van der Waals surface area contributed by atoms with Crippen LogP contribution in [-0.2, 0) is 11.3 Å². The molecule has 3 heterocycles. The minimum absolute atomic E-state index is 0.123. The van der Waals surface area contributed by atoms with Gasteiger partial charge in [0.1, 0.15) is 0 Å². The molecular weight excluding hydrogens is 320 g/mol. The first kappa shape index (κ1) is 16.0. The van der Waals surface area contributed by atoms with E-state index >= 15 is 0 Å². The smallest absolute Gasteiger partial charge is 0.363 e. The first-order valence-electron chi connectivity index (χ1n) is 8.46. The van der Waals surface area contributed by atoms with E-state index in [4.69, 9.17) is 4.74 Å². The van der Waals surface area contributed by atoms with Gasteiger partial charge in [-0.05, 0) is 21.5 Å². The predicted molar refractivity (Wildman–Crippen MR) is 93.5 cm³/mol. The number of ether oxygens (including phenoxy) is 1. The first-order chi connectivity index (χ1) is 12.2. The van der Waals surface area contributed by atoms with Gasteiger partial charge in [0.2, 0.25) is 0 Å². The number of pyridine rings is 1. The molecule has 2 atom stereocenters. The van der Waals surface area contributed by atoms with Crippen molar-refractivity contribution in [2.75, 3.05) is 31.1 Å². The number of nitro groups is 1. The van der Waals surface area contributed by atoms with Gasteiger partial charge in [-0.2, -0.15) is 0 Å². The summed E-state index contributed by atoms with van der Waals surface area (Å²) in [6.45, 7) is 4.20. The topological polar surface area (TPSA) is 71.7 Å². The van der Waals surface area contributed by atoms with E-state index in [-0.39, 0.29) is 11.9 Å². The van der Waals surface area contributed by atoms with E-state index in [0.29, 0.717) is 6.04 Å². The van der Waals surface area contributed by atoms with E-state index in [0.717, 1.165) is 38.5 Å². The first-order valence-corrected chi connectivity index (χ1v) is 8.46. The standard InChI is InChI=1S/C18H20N4O3/c23-22(24)18-7-6-15(10-19-18)21-12-16-17(13-21)25-9-8-20(16)11-14-4-2-1-3-5-14/h1-7,10,16-17H,8-9,11-13H2/t16-,17-/m0/s1. The SMILES string of the molecule is O=[N+]([O-])c1ccc(N2C[C@@H]3OCCN(Cc4ccccc4)[C@H]3C2)cn1. The lowest BCUT2D eigenvalue weighted by Gasteiger charge is -2.36. The summed E-state index contributed by atoms with van der Waals surface area (Å²) in [5.41, 5.74) is 2.21. The number of fused-ring (bicyclic) bond motifs is 1. The van der Waals surface area contributed by atoms with Gasteiger partial charge < -0.3 is 19.8 Å². The molecule has 0 N–H and O–H groups in total. The predicted octanol–water partition coefficient (Wildman–Crippen LogP) is 2.08. The molecule has 0 spiro atoms. The Balaban J connectivity index is 1.47. The highest BCUT2D eigenvalue weighted by Crippen LogP contribution is 2.28. The van der Waals surface area contributed by atoms with Crippen LogP contribution in [0.15, 0.2) is 48.7 Å². The quantitative estimate of drug-likeness (QED) is 0.627. The highest BCUT2D eigenvalue weighted by Gasteiger charge is 2.40. The van der Waals surface area contributed by atoms with Crippen LogP contribution < -0.4 is 4.90 Å². The molecule has 0 bridgehead atoms. The highest BCUT2D eigenvalue weighted by atomic mass is 16.6. The fourth-order valence-corrected chi connectivity index (χ4v) is 3.66. The lowest BCUT2D eigenvalue weighted by molar-refractivity contribution is -0.389. The maximum absolute atomic E-state index is 10.8. The number of aromatic nitrogens is 1. The Morgan fingerprint density at radius 3 is 2.76 bits per heavy atom. The molecule has 2 fully saturated rings. The third-order valence-electron chi connectivity index (χ3n) is 4.93. The molecule has 2 aliphatic rings. The Bertz CT molecular complexity index is 738. The lowest BCUT2D eigenvalue weighted by Crippen LogP contribution is -2.50. The maximum Gasteiger partial charge on any atom is 0.363 e. The van der Waals surface area contributed by atoms with Crippen LogP contribution in [0.1, 0.15) is 5.56 Å². The maximum atomic E-state index is 10.8. The Kier molecular flexibility index (Phi) is 4.33. The van der Waals surface area contributed by atoms with Crippen molar-refractivity contribution >= 4 is 11.5 Å². The van der Waals surface area contributed by atoms with Crippen molar-refractivity contribution in [3.8, 4) is 0 Å². The summed E-state index contributed by atoms with van der Waals surface area (Å²) < 4.78 is 5.97. The average Bonchev–Trinajstić information content (AvgIpc) is 3.08. The van der Waals surface area contributed by atoms with Crippen molar-refractivity contribution < 1.29 is 9.66 Å². The molecule has 1 aromatic heterocycles. The largest absolute Gasteiger partial charge is 0.373 e. The Hall–Kier alpha value is -2.51. The molecule has 2 saturated heterocycles. The van der Waals surface area contributed by atoms with E-state index in [1.807, 2.05) is 6.07 Å². The van der Waals surface area contributed by atoms with Crippen LogP contribution in [0.25, 0.3) is 0 Å². The molecule has 0 unspecified atom stereocenters. The van der Waals surface area contributed by atoms with Crippen LogP contribution in [0.5, 0.6) is 0 Å². The van der Waals surface area contributed by atoms with Crippen molar-refractivity contribution in [1.82, 2.24) is 9.88 Å². The van der Waals surface area contributed by atoms with Gasteiger partial charge in [0.15, 0.2) is 6.20 Å². The van der Waals surface area contributed by atoms with Gasteiger partial charge in [-0.3, -0.25) is 4.90 Å². The van der Waals surface area contributed by atoms with Crippen LogP contribution in [-0.4, -0.2) is 53.2 Å². The van der Waals surface area contributed by atoms with E-state index < -0.39 is 4.92 Å². The van der Waals surface area contributed by atoms with Crippen molar-refractivity contribution in [3.05, 3.63) is 64.3 Å². The molecule has 4 rings (SSSR count). The summed E-state index contributed by atoms with van der Waals surface area (Å²) in [6, 6.07) is 14.0. The number of benzene rings is 1. The van der Waals surface area contributed by atoms with Gasteiger partial charge in [0.25, 0.3) is 0 Å². The minimum Gasteiger partial charge on any atom is -0.373 e. The van der Waals surface area contributed by atoms with E-state index in [1.54, 1.807) is 12.3 Å². The molecule has 0 radical (unpaired) electrons. The van der Waals surface area contributed by atoms with Gasteiger partial charge >= 0.3 is 5.82 Å². The Morgan fingerprint density at radius 2 is 2.04 bits per heavy atom. The van der Waals surface area contributed by atoms with Gasteiger partial charge in [0.05, 0.1) is 24.4 Å². The minimum atomic E-state index is -0.474. The second-order valence-corrected chi connectivity index (χ2v) is 6.47. The summed E-state index contributed by atoms with van der Waals surface area (Å²) >= 11 is 0. The van der Waals surface area contributed by atoms with E-state index in [2.05, 4.69) is 39.0 Å². The summed E-state index contributed by atoms with van der Waals surface area (Å²) in [5, 5.41) is 10.8. The van der Waals surface area contributed by atoms with Crippen LogP contribution >= 0.6 is 0 Å². The Labute approximate surface area is 146 Å². The monoisotopic (exact) mass is 340 g/mol. The molecule has 0 aliphatic carbocycles. The molecule has 0 saturated carbocycles. The number of rotatable bonds is 4. The van der Waals surface area contributed by atoms with Crippen molar-refractivity contribution in [3.63, 3.8) is 0 Å². The van der Waals surface area contributed by atoms with Crippen molar-refractivity contribution in [2.24, 2.45) is 0 Å². The Morgan fingerprint density at radius 1 is 1.20 bits per heavy atom. The van der Waals surface area contributed by atoms with Gasteiger partial charge in [-0.1, -0.05) is 30.3 Å². The number of anilines is 1. The normalized spacial score (nSPS) is 23.4. The molecule has 2 aromatic rings. The molecule has 2 aliphatic heterocycles. The summed E-state index contributed by atoms with van der Waals surface area (Å²) in [7, 11) is 0. The summed E-state index contributed by atoms with van der Waals surface area (Å²) in [6.07, 6.45) is 1.74. The number of hydrogen-bond donors (Lipinski definition) is 0. The molecule has 1 aromatic carbocycles. The number of hydrogen-bond acceptors (Lipinski definition) is 6. The average molecular weight is 340 g/mol. The van der Waals surface area contributed by atoms with Crippen LogP contribution in [0.3, 0.4) is 0 Å². The summed E-state index contributed by atoms with van der Waals surface area (Å²) in [4.78, 5) is 18.9. The zero-order valence-corrected chi connectivity index (χ0v) is 13.8. The zero-order valence-electron chi connectivity index (χ0n) is 13.8. The zero-order chi connectivity index (χ0) is 17.2. The number of nitrogens with zero attached hydrogens (tertiary/aromatic N) is 4. The molecule has 0 amide bonds. The van der Waals surface area contributed by atoms with Crippen LogP contribution in [0.2, 0.25) is 0 Å². The molecule has 7 heteroatoms. The second kappa shape index (κ2) is 6.78. The van der Waals surface area contributed by atoms with E-state index in [9.17, 15) is 10.1 Å². The molecule has 130 valence electrons. The van der Waals surface area contributed by atoms with Crippen LogP contribution in [0.4, 0.5) is 11.5 Å². The van der Waals surface area contributed by atoms with Gasteiger partial charge in [0, 0.05) is 32.2 Å². The highest BCUT2D eigenvalue weighted by molar-refractivity contribution is 5.48. The fourth-order valence-electron chi connectivity index (χ4n) is 3.66. The third kappa shape index (κ3) is 3.33.